The van der Waals surface area contributed by atoms with Crippen molar-refractivity contribution < 1.29 is 22.4 Å². The van der Waals surface area contributed by atoms with E-state index >= 15 is 0 Å². The van der Waals surface area contributed by atoms with E-state index < -0.39 is 27.8 Å². The second-order valence-electron chi connectivity index (χ2n) is 5.42. The fourth-order valence-electron chi connectivity index (χ4n) is 2.03. The van der Waals surface area contributed by atoms with Crippen molar-refractivity contribution in [2.45, 2.75) is 24.8 Å². The third kappa shape index (κ3) is 4.94. The highest BCUT2D eigenvalue weighted by molar-refractivity contribution is 7.89. The molecule has 0 saturated carbocycles. The number of hydrogen-bond acceptors (Lipinski definition) is 4. The van der Waals surface area contributed by atoms with Gasteiger partial charge < -0.3 is 5.32 Å². The smallest absolute Gasteiger partial charge is 0.242 e. The summed E-state index contributed by atoms with van der Waals surface area (Å²) in [5.74, 6) is -1.30. The summed E-state index contributed by atoms with van der Waals surface area (Å²) >= 11 is 0. The molecule has 0 radical (unpaired) electrons. The molecule has 2 aromatic rings. The molecule has 0 aliphatic carbocycles. The summed E-state index contributed by atoms with van der Waals surface area (Å²) in [7, 11) is -3.97. The van der Waals surface area contributed by atoms with Crippen LogP contribution in [0.5, 0.6) is 0 Å². The lowest BCUT2D eigenvalue weighted by Crippen LogP contribution is -2.41. The maximum absolute atomic E-state index is 12.9. The largest absolute Gasteiger partial charge is 0.325 e. The van der Waals surface area contributed by atoms with Crippen molar-refractivity contribution in [2.75, 3.05) is 5.32 Å². The number of benzene rings is 2. The molecule has 0 aliphatic rings. The second-order valence-corrected chi connectivity index (χ2v) is 7.14. The molecule has 132 valence electrons. The first-order chi connectivity index (χ1) is 11.7. The van der Waals surface area contributed by atoms with Gasteiger partial charge in [0.05, 0.1) is 10.9 Å². The molecule has 0 spiro atoms. The van der Waals surface area contributed by atoms with Crippen LogP contribution in [0.1, 0.15) is 24.2 Å². The van der Waals surface area contributed by atoms with Gasteiger partial charge in [-0.05, 0) is 50.2 Å². The predicted molar refractivity (Wildman–Crippen MR) is 91.3 cm³/mol. The average molecular weight is 364 g/mol. The Kier molecular flexibility index (Phi) is 5.66. The van der Waals surface area contributed by atoms with Crippen molar-refractivity contribution in [1.82, 2.24) is 4.72 Å². The van der Waals surface area contributed by atoms with Crippen LogP contribution in [0.4, 0.5) is 10.1 Å². The summed E-state index contributed by atoms with van der Waals surface area (Å²) < 4.78 is 39.5. The third-order valence-electron chi connectivity index (χ3n) is 3.39. The molecule has 0 unspecified atom stereocenters. The normalized spacial score (nSPS) is 12.4. The van der Waals surface area contributed by atoms with E-state index in [-0.39, 0.29) is 10.7 Å². The van der Waals surface area contributed by atoms with Crippen LogP contribution >= 0.6 is 0 Å². The minimum absolute atomic E-state index is 0.146. The van der Waals surface area contributed by atoms with Gasteiger partial charge in [0.1, 0.15) is 5.82 Å². The lowest BCUT2D eigenvalue weighted by atomic mass is 10.1. The zero-order valence-corrected chi connectivity index (χ0v) is 14.4. The molecular formula is C17H17FN2O4S. The van der Waals surface area contributed by atoms with Crippen molar-refractivity contribution in [2.24, 2.45) is 0 Å². The van der Waals surface area contributed by atoms with Crippen molar-refractivity contribution in [3.63, 3.8) is 0 Å². The number of nitrogens with one attached hydrogen (secondary N) is 2. The SMILES string of the molecule is CC(=O)c1cccc(NC(=O)[C@H](C)NS(=O)(=O)c2ccc(F)cc2)c1. The topological polar surface area (TPSA) is 92.3 Å². The molecule has 0 bridgehead atoms. The number of sulfonamides is 1. The Morgan fingerprint density at radius 2 is 1.72 bits per heavy atom. The van der Waals surface area contributed by atoms with Crippen molar-refractivity contribution in [3.8, 4) is 0 Å². The molecule has 8 heteroatoms. The monoisotopic (exact) mass is 364 g/mol. The Morgan fingerprint density at radius 1 is 1.08 bits per heavy atom. The van der Waals surface area contributed by atoms with Crippen molar-refractivity contribution in [3.05, 3.63) is 59.9 Å². The fourth-order valence-corrected chi connectivity index (χ4v) is 3.24. The Labute approximate surface area is 145 Å². The van der Waals surface area contributed by atoms with Crippen LogP contribution in [0.15, 0.2) is 53.4 Å². The van der Waals surface area contributed by atoms with Crippen LogP contribution in [0.2, 0.25) is 0 Å². The molecule has 0 heterocycles. The molecule has 0 fully saturated rings. The van der Waals surface area contributed by atoms with Crippen molar-refractivity contribution in [1.29, 1.82) is 0 Å². The number of amides is 1. The minimum atomic E-state index is -3.97. The van der Waals surface area contributed by atoms with E-state index in [4.69, 9.17) is 0 Å². The van der Waals surface area contributed by atoms with Crippen LogP contribution in [-0.2, 0) is 14.8 Å². The molecule has 2 N–H and O–H groups in total. The van der Waals surface area contributed by atoms with E-state index in [9.17, 15) is 22.4 Å². The first-order valence-electron chi connectivity index (χ1n) is 7.39. The fraction of sp³-hybridized carbons (Fsp3) is 0.176. The molecule has 1 amide bonds. The van der Waals surface area contributed by atoms with Gasteiger partial charge in [-0.15, -0.1) is 0 Å². The maximum atomic E-state index is 12.9. The molecule has 0 aromatic heterocycles. The standard InChI is InChI=1S/C17H17FN2O4S/c1-11(20-25(23,24)16-8-6-14(18)7-9-16)17(22)19-15-5-3-4-13(10-15)12(2)21/h3-11,20H,1-2H3,(H,19,22)/t11-/m0/s1. The van der Waals surface area contributed by atoms with Gasteiger partial charge in [0.15, 0.2) is 5.78 Å². The first-order valence-corrected chi connectivity index (χ1v) is 8.87. The molecule has 1 atom stereocenters. The Balaban J connectivity index is 2.08. The number of carbonyl (C=O) groups is 2. The van der Waals surface area contributed by atoms with Gasteiger partial charge in [-0.2, -0.15) is 4.72 Å². The lowest BCUT2D eigenvalue weighted by Gasteiger charge is -2.15. The lowest BCUT2D eigenvalue weighted by molar-refractivity contribution is -0.117. The van der Waals surface area contributed by atoms with Crippen LogP contribution < -0.4 is 10.0 Å². The Morgan fingerprint density at radius 3 is 2.32 bits per heavy atom. The van der Waals surface area contributed by atoms with E-state index in [2.05, 4.69) is 10.0 Å². The average Bonchev–Trinajstić information content (AvgIpc) is 2.55. The van der Waals surface area contributed by atoms with E-state index in [1.165, 1.54) is 19.9 Å². The predicted octanol–water partition coefficient (Wildman–Crippen LogP) is 2.33. The summed E-state index contributed by atoms with van der Waals surface area (Å²) in [4.78, 5) is 23.4. The highest BCUT2D eigenvalue weighted by Gasteiger charge is 2.22. The van der Waals surface area contributed by atoms with Crippen LogP contribution in [0.3, 0.4) is 0 Å². The molecular weight excluding hydrogens is 347 g/mol. The highest BCUT2D eigenvalue weighted by Crippen LogP contribution is 2.13. The van der Waals surface area contributed by atoms with E-state index in [1.807, 2.05) is 0 Å². The molecule has 6 nitrogen and oxygen atoms in total. The summed E-state index contributed by atoms with van der Waals surface area (Å²) in [6, 6.07) is 9.50. The number of rotatable bonds is 6. The number of halogens is 1. The van der Waals surface area contributed by atoms with Crippen LogP contribution in [0.25, 0.3) is 0 Å². The third-order valence-corrected chi connectivity index (χ3v) is 4.94. The molecule has 25 heavy (non-hydrogen) atoms. The maximum Gasteiger partial charge on any atom is 0.242 e. The van der Waals surface area contributed by atoms with Gasteiger partial charge >= 0.3 is 0 Å². The number of carbonyl (C=O) groups excluding carboxylic acids is 2. The highest BCUT2D eigenvalue weighted by atomic mass is 32.2. The van der Waals surface area contributed by atoms with Gasteiger partial charge in [-0.25, -0.2) is 12.8 Å². The second kappa shape index (κ2) is 7.54. The van der Waals surface area contributed by atoms with Gasteiger partial charge in [0.25, 0.3) is 0 Å². The van der Waals surface area contributed by atoms with Gasteiger partial charge in [0, 0.05) is 11.3 Å². The van der Waals surface area contributed by atoms with Crippen LogP contribution in [0, 0.1) is 5.82 Å². The molecule has 0 saturated heterocycles. The van der Waals surface area contributed by atoms with Gasteiger partial charge in [-0.3, -0.25) is 9.59 Å². The number of anilines is 1. The zero-order valence-electron chi connectivity index (χ0n) is 13.6. The quantitative estimate of drug-likeness (QED) is 0.770. The Hall–Kier alpha value is -2.58. The molecule has 0 aliphatic heterocycles. The number of ketones is 1. The molecule has 2 aromatic carbocycles. The number of hydrogen-bond donors (Lipinski definition) is 2. The summed E-state index contributed by atoms with van der Waals surface area (Å²) in [5.41, 5.74) is 0.808. The summed E-state index contributed by atoms with van der Waals surface area (Å²) in [6.45, 7) is 2.78. The Bertz CT molecular complexity index is 895. The molecule has 2 rings (SSSR count). The van der Waals surface area contributed by atoms with Gasteiger partial charge in [-0.1, -0.05) is 12.1 Å². The zero-order chi connectivity index (χ0) is 18.6. The number of Topliss-reactive ketones (excluding diaryl/α,β-unsaturated/α-hetero) is 1. The first kappa shape index (κ1) is 18.8. The van der Waals surface area contributed by atoms with Crippen LogP contribution in [-0.4, -0.2) is 26.2 Å². The van der Waals surface area contributed by atoms with Crippen molar-refractivity contribution >= 4 is 27.4 Å². The minimum Gasteiger partial charge on any atom is -0.325 e. The summed E-state index contributed by atoms with van der Waals surface area (Å²) in [6.07, 6.45) is 0. The van der Waals surface area contributed by atoms with E-state index in [0.29, 0.717) is 11.3 Å². The van der Waals surface area contributed by atoms with E-state index in [1.54, 1.807) is 18.2 Å². The van der Waals surface area contributed by atoms with E-state index in [0.717, 1.165) is 24.3 Å². The van der Waals surface area contributed by atoms with Gasteiger partial charge in [0.2, 0.25) is 15.9 Å². The summed E-state index contributed by atoms with van der Waals surface area (Å²) in [5, 5.41) is 2.54.